The zero-order chi connectivity index (χ0) is 15.9. The van der Waals surface area contributed by atoms with Gasteiger partial charge in [-0.3, -0.25) is 4.79 Å². The number of halogens is 3. The van der Waals surface area contributed by atoms with E-state index in [1.165, 1.54) is 6.07 Å². The highest BCUT2D eigenvalue weighted by molar-refractivity contribution is 7.18. The number of thiazole rings is 1. The third-order valence-electron chi connectivity index (χ3n) is 3.90. The van der Waals surface area contributed by atoms with Crippen LogP contribution in [0.1, 0.15) is 35.8 Å². The molecule has 0 spiro atoms. The number of aromatic nitrogens is 1. The van der Waals surface area contributed by atoms with E-state index in [4.69, 9.17) is 0 Å². The SMILES string of the molecule is N#C[C@H](C(=O)C1CCC1)c1nc2cc(C(F)(F)F)ccc2s1. The molecular formula is C15H11F3N2OS. The van der Waals surface area contributed by atoms with Gasteiger partial charge in [0.15, 0.2) is 11.7 Å². The van der Waals surface area contributed by atoms with Gasteiger partial charge in [-0.2, -0.15) is 18.4 Å². The fraction of sp³-hybridized carbons (Fsp3) is 0.400. The summed E-state index contributed by atoms with van der Waals surface area (Å²) in [5.74, 6) is -1.25. The van der Waals surface area contributed by atoms with Crippen LogP contribution in [0, 0.1) is 17.2 Å². The molecule has 114 valence electrons. The van der Waals surface area contributed by atoms with Crippen molar-refractivity contribution in [2.75, 3.05) is 0 Å². The molecule has 0 saturated heterocycles. The third-order valence-corrected chi connectivity index (χ3v) is 5.00. The van der Waals surface area contributed by atoms with Gasteiger partial charge in [0, 0.05) is 5.92 Å². The smallest absolute Gasteiger partial charge is 0.297 e. The van der Waals surface area contributed by atoms with Gasteiger partial charge < -0.3 is 0 Å². The lowest BCUT2D eigenvalue weighted by atomic mass is 9.78. The van der Waals surface area contributed by atoms with E-state index in [-0.39, 0.29) is 22.2 Å². The number of fused-ring (bicyclic) bond motifs is 1. The van der Waals surface area contributed by atoms with Crippen LogP contribution in [-0.4, -0.2) is 10.8 Å². The molecule has 0 aliphatic heterocycles. The van der Waals surface area contributed by atoms with Crippen molar-refractivity contribution in [3.63, 3.8) is 0 Å². The summed E-state index contributed by atoms with van der Waals surface area (Å²) in [5.41, 5.74) is -0.604. The first kappa shape index (κ1) is 15.0. The van der Waals surface area contributed by atoms with E-state index in [1.54, 1.807) is 0 Å². The second kappa shape index (κ2) is 5.36. The Kier molecular flexibility index (Phi) is 3.65. The molecule has 0 unspecified atom stereocenters. The van der Waals surface area contributed by atoms with Gasteiger partial charge in [0.05, 0.1) is 21.8 Å². The van der Waals surface area contributed by atoms with Crippen molar-refractivity contribution in [1.29, 1.82) is 5.26 Å². The number of nitrogens with zero attached hydrogens (tertiary/aromatic N) is 2. The molecule has 3 rings (SSSR count). The molecule has 0 amide bonds. The van der Waals surface area contributed by atoms with Crippen molar-refractivity contribution in [1.82, 2.24) is 4.98 Å². The van der Waals surface area contributed by atoms with Crippen LogP contribution in [0.3, 0.4) is 0 Å². The molecule has 1 fully saturated rings. The first-order chi connectivity index (χ1) is 10.4. The van der Waals surface area contributed by atoms with Gasteiger partial charge in [0.2, 0.25) is 0 Å². The highest BCUT2D eigenvalue weighted by atomic mass is 32.1. The largest absolute Gasteiger partial charge is 0.416 e. The fourth-order valence-corrected chi connectivity index (χ4v) is 3.42. The molecule has 0 radical (unpaired) electrons. The number of ketones is 1. The molecule has 3 nitrogen and oxygen atoms in total. The summed E-state index contributed by atoms with van der Waals surface area (Å²) in [7, 11) is 0. The van der Waals surface area contributed by atoms with E-state index in [0.29, 0.717) is 4.70 Å². The average Bonchev–Trinajstić information content (AvgIpc) is 2.78. The van der Waals surface area contributed by atoms with Gasteiger partial charge in [0.25, 0.3) is 0 Å². The Morgan fingerprint density at radius 1 is 1.41 bits per heavy atom. The molecule has 1 saturated carbocycles. The molecule has 0 N–H and O–H groups in total. The summed E-state index contributed by atoms with van der Waals surface area (Å²) in [6.45, 7) is 0. The van der Waals surface area contributed by atoms with Crippen LogP contribution in [0.4, 0.5) is 13.2 Å². The minimum absolute atomic E-state index is 0.109. The van der Waals surface area contributed by atoms with Crippen molar-refractivity contribution in [3.05, 3.63) is 28.8 Å². The number of alkyl halides is 3. The molecular weight excluding hydrogens is 313 g/mol. The van der Waals surface area contributed by atoms with Crippen molar-refractivity contribution in [3.8, 4) is 6.07 Å². The van der Waals surface area contributed by atoms with Crippen molar-refractivity contribution in [2.24, 2.45) is 5.92 Å². The predicted octanol–water partition coefficient (Wildman–Crippen LogP) is 4.29. The van der Waals surface area contributed by atoms with E-state index < -0.39 is 17.7 Å². The minimum atomic E-state index is -4.44. The van der Waals surface area contributed by atoms with Crippen LogP contribution in [0.15, 0.2) is 18.2 Å². The lowest BCUT2D eigenvalue weighted by Crippen LogP contribution is -2.26. The zero-order valence-electron chi connectivity index (χ0n) is 11.4. The molecule has 1 aliphatic rings. The summed E-state index contributed by atoms with van der Waals surface area (Å²) in [6, 6.07) is 5.23. The molecule has 1 atom stereocenters. The quantitative estimate of drug-likeness (QED) is 0.846. The van der Waals surface area contributed by atoms with E-state index in [1.807, 2.05) is 6.07 Å². The first-order valence-corrected chi connectivity index (χ1v) is 7.63. The second-order valence-corrected chi connectivity index (χ2v) is 6.39. The normalized spacial score (nSPS) is 17.0. The Hall–Kier alpha value is -1.94. The lowest BCUT2D eigenvalue weighted by Gasteiger charge is -2.24. The number of rotatable bonds is 3. The highest BCUT2D eigenvalue weighted by Gasteiger charge is 2.34. The molecule has 7 heteroatoms. The standard InChI is InChI=1S/C15H11F3N2OS/c16-15(17,18)9-4-5-12-11(6-9)20-14(22-12)10(7-19)13(21)8-2-1-3-8/h4-6,8,10H,1-3H2/t10-/m1/s1. The van der Waals surface area contributed by atoms with Gasteiger partial charge in [-0.15, -0.1) is 11.3 Å². The van der Waals surface area contributed by atoms with Crippen LogP contribution >= 0.6 is 11.3 Å². The monoisotopic (exact) mass is 324 g/mol. The van der Waals surface area contributed by atoms with Crippen LogP contribution in [0.5, 0.6) is 0 Å². The van der Waals surface area contributed by atoms with Crippen LogP contribution in [0.2, 0.25) is 0 Å². The maximum atomic E-state index is 12.7. The molecule has 22 heavy (non-hydrogen) atoms. The number of benzene rings is 1. The summed E-state index contributed by atoms with van der Waals surface area (Å²) < 4.78 is 38.7. The predicted molar refractivity (Wildman–Crippen MR) is 75.3 cm³/mol. The van der Waals surface area contributed by atoms with Crippen LogP contribution in [0.25, 0.3) is 10.2 Å². The number of hydrogen-bond donors (Lipinski definition) is 0. The van der Waals surface area contributed by atoms with Gasteiger partial charge >= 0.3 is 6.18 Å². The Labute approximate surface area is 128 Å². The Morgan fingerprint density at radius 2 is 2.14 bits per heavy atom. The van der Waals surface area contributed by atoms with Crippen LogP contribution in [-0.2, 0) is 11.0 Å². The summed E-state index contributed by atoms with van der Waals surface area (Å²) in [5, 5.41) is 9.53. The topological polar surface area (TPSA) is 53.8 Å². The fourth-order valence-electron chi connectivity index (χ4n) is 2.41. The first-order valence-electron chi connectivity index (χ1n) is 6.81. The van der Waals surface area contributed by atoms with Crippen molar-refractivity contribution >= 4 is 27.3 Å². The molecule has 0 bridgehead atoms. The average molecular weight is 324 g/mol. The molecule has 1 aliphatic carbocycles. The number of hydrogen-bond acceptors (Lipinski definition) is 4. The molecule has 1 heterocycles. The van der Waals surface area contributed by atoms with Gasteiger partial charge in [0.1, 0.15) is 5.01 Å². The van der Waals surface area contributed by atoms with E-state index in [0.717, 1.165) is 42.7 Å². The maximum absolute atomic E-state index is 12.7. The highest BCUT2D eigenvalue weighted by Crippen LogP contribution is 2.37. The minimum Gasteiger partial charge on any atom is -0.297 e. The van der Waals surface area contributed by atoms with Gasteiger partial charge in [-0.1, -0.05) is 6.42 Å². The Morgan fingerprint density at radius 3 is 2.68 bits per heavy atom. The van der Waals surface area contributed by atoms with E-state index >= 15 is 0 Å². The lowest BCUT2D eigenvalue weighted by molar-refractivity contribution is -0.137. The second-order valence-electron chi connectivity index (χ2n) is 5.32. The van der Waals surface area contributed by atoms with Gasteiger partial charge in [-0.05, 0) is 31.0 Å². The third kappa shape index (κ3) is 2.59. The summed E-state index contributed by atoms with van der Waals surface area (Å²) >= 11 is 1.11. The number of Topliss-reactive ketones (excluding diaryl/α,β-unsaturated/α-hetero) is 1. The molecule has 1 aromatic carbocycles. The van der Waals surface area contributed by atoms with Crippen LogP contribution < -0.4 is 0 Å². The van der Waals surface area contributed by atoms with Crippen molar-refractivity contribution < 1.29 is 18.0 Å². The summed E-state index contributed by atoms with van der Waals surface area (Å²) in [4.78, 5) is 16.3. The number of carbonyl (C=O) groups excluding carboxylic acids is 1. The van der Waals surface area contributed by atoms with Gasteiger partial charge in [-0.25, -0.2) is 4.98 Å². The van der Waals surface area contributed by atoms with E-state index in [2.05, 4.69) is 4.98 Å². The molecule has 1 aromatic heterocycles. The number of carbonyl (C=O) groups is 1. The maximum Gasteiger partial charge on any atom is 0.416 e. The van der Waals surface area contributed by atoms with Crippen molar-refractivity contribution in [2.45, 2.75) is 31.4 Å². The zero-order valence-corrected chi connectivity index (χ0v) is 12.2. The number of nitriles is 1. The molecule has 2 aromatic rings. The Bertz CT molecular complexity index is 771. The Balaban J connectivity index is 1.97. The van der Waals surface area contributed by atoms with E-state index in [9.17, 15) is 23.2 Å². The summed E-state index contributed by atoms with van der Waals surface area (Å²) in [6.07, 6.45) is -1.90.